The van der Waals surface area contributed by atoms with E-state index in [-0.39, 0.29) is 5.41 Å². The van der Waals surface area contributed by atoms with Gasteiger partial charge in [-0.1, -0.05) is 105 Å². The van der Waals surface area contributed by atoms with Crippen LogP contribution >= 0.6 is 23.2 Å². The Labute approximate surface area is 212 Å². The molecule has 0 fully saturated rings. The average Bonchev–Trinajstić information content (AvgIpc) is 3.30. The summed E-state index contributed by atoms with van der Waals surface area (Å²) in [6.07, 6.45) is 2.66. The molecule has 3 aromatic carbocycles. The van der Waals surface area contributed by atoms with Crippen molar-refractivity contribution in [3.05, 3.63) is 112 Å². The van der Waals surface area contributed by atoms with E-state index in [2.05, 4.69) is 45.0 Å². The lowest BCUT2D eigenvalue weighted by Crippen LogP contribution is -2.44. The van der Waals surface area contributed by atoms with Crippen LogP contribution in [0.2, 0.25) is 10.0 Å². The lowest BCUT2D eigenvalue weighted by atomic mass is 9.85. The highest BCUT2D eigenvalue weighted by Crippen LogP contribution is 2.41. The van der Waals surface area contributed by atoms with E-state index in [1.165, 1.54) is 10.4 Å². The average molecular weight is 509 g/mol. The lowest BCUT2D eigenvalue weighted by Gasteiger charge is -2.27. The van der Waals surface area contributed by atoms with Gasteiger partial charge in [-0.3, -0.25) is 4.79 Å². The molecule has 6 heteroatoms. The standard InChI is InChI=1S/C28H27Cl2NO2Si/c1-28(2,3)25-26(29)20(17-24(27(25)30)31-16-10-11-21(31)18-32)19-33-34(22-12-6-4-7-13-22)23-14-8-5-9-15-23/h4-18,34H,19H2,1-3H3. The van der Waals surface area contributed by atoms with Gasteiger partial charge in [0.2, 0.25) is 9.04 Å². The molecule has 4 aromatic rings. The van der Waals surface area contributed by atoms with Crippen LogP contribution in [0, 0.1) is 0 Å². The number of carbonyl (C=O) groups excluding carboxylic acids is 1. The summed E-state index contributed by atoms with van der Waals surface area (Å²) in [7, 11) is -1.96. The number of halogens is 2. The minimum atomic E-state index is -1.96. The Hall–Kier alpha value is -2.63. The third-order valence-corrected chi connectivity index (χ3v) is 9.07. The van der Waals surface area contributed by atoms with Crippen molar-refractivity contribution >= 4 is 48.9 Å². The van der Waals surface area contributed by atoms with Gasteiger partial charge in [0.15, 0.2) is 6.29 Å². The van der Waals surface area contributed by atoms with Crippen molar-refractivity contribution in [2.45, 2.75) is 32.8 Å². The summed E-state index contributed by atoms with van der Waals surface area (Å²) >= 11 is 13.8. The van der Waals surface area contributed by atoms with Crippen LogP contribution in [0.5, 0.6) is 0 Å². The summed E-state index contributed by atoms with van der Waals surface area (Å²) in [4.78, 5) is 11.6. The first-order chi connectivity index (χ1) is 16.3. The Morgan fingerprint density at radius 3 is 2.00 bits per heavy atom. The fraction of sp³-hybridized carbons (Fsp3) is 0.179. The molecule has 0 aliphatic rings. The van der Waals surface area contributed by atoms with Gasteiger partial charge in [-0.2, -0.15) is 0 Å². The molecule has 0 radical (unpaired) electrons. The van der Waals surface area contributed by atoms with Gasteiger partial charge in [0.1, 0.15) is 0 Å². The normalized spacial score (nSPS) is 11.7. The van der Waals surface area contributed by atoms with Crippen LogP contribution in [0.3, 0.4) is 0 Å². The van der Waals surface area contributed by atoms with Crippen molar-refractivity contribution < 1.29 is 9.22 Å². The largest absolute Gasteiger partial charge is 0.407 e. The molecule has 0 amide bonds. The zero-order valence-corrected chi connectivity index (χ0v) is 22.1. The summed E-state index contributed by atoms with van der Waals surface area (Å²) in [6, 6.07) is 26.2. The number of aromatic nitrogens is 1. The molecule has 0 unspecified atom stereocenters. The molecular formula is C28H27Cl2NO2Si. The molecule has 1 aromatic heterocycles. The lowest BCUT2D eigenvalue weighted by molar-refractivity contribution is 0.111. The van der Waals surface area contributed by atoms with Gasteiger partial charge in [0.05, 0.1) is 28.0 Å². The van der Waals surface area contributed by atoms with E-state index in [9.17, 15) is 4.79 Å². The molecular weight excluding hydrogens is 481 g/mol. The van der Waals surface area contributed by atoms with Crippen LogP contribution in [0.1, 0.15) is 42.4 Å². The van der Waals surface area contributed by atoms with E-state index in [4.69, 9.17) is 27.6 Å². The van der Waals surface area contributed by atoms with Crippen molar-refractivity contribution in [1.82, 2.24) is 4.57 Å². The number of carbonyl (C=O) groups is 1. The number of hydrogen-bond donors (Lipinski definition) is 0. The van der Waals surface area contributed by atoms with E-state index in [0.29, 0.717) is 22.3 Å². The topological polar surface area (TPSA) is 31.2 Å². The first kappa shape index (κ1) is 24.5. The van der Waals surface area contributed by atoms with Crippen LogP contribution in [-0.4, -0.2) is 19.9 Å². The Kier molecular flexibility index (Phi) is 7.44. The molecule has 0 saturated carbocycles. The highest BCUT2D eigenvalue weighted by Gasteiger charge is 2.27. The van der Waals surface area contributed by atoms with Gasteiger partial charge in [-0.05, 0) is 45.1 Å². The van der Waals surface area contributed by atoms with Crippen molar-refractivity contribution in [1.29, 1.82) is 0 Å². The second kappa shape index (κ2) is 10.3. The summed E-state index contributed by atoms with van der Waals surface area (Å²) in [5.74, 6) is 0. The summed E-state index contributed by atoms with van der Waals surface area (Å²) in [6.45, 7) is 6.58. The highest BCUT2D eigenvalue weighted by molar-refractivity contribution is 6.80. The Balaban J connectivity index is 1.79. The van der Waals surface area contributed by atoms with Crippen LogP contribution in [0.15, 0.2) is 85.1 Å². The van der Waals surface area contributed by atoms with Gasteiger partial charge in [-0.25, -0.2) is 0 Å². The molecule has 1 heterocycles. The second-order valence-corrected chi connectivity index (χ2v) is 12.4. The fourth-order valence-electron chi connectivity index (χ4n) is 4.14. The zero-order chi connectivity index (χ0) is 24.3. The summed E-state index contributed by atoms with van der Waals surface area (Å²) < 4.78 is 8.45. The van der Waals surface area contributed by atoms with E-state index in [1.54, 1.807) is 10.6 Å². The summed E-state index contributed by atoms with van der Waals surface area (Å²) in [5.41, 5.74) is 2.63. The van der Waals surface area contributed by atoms with E-state index in [1.807, 2.05) is 54.7 Å². The number of aldehydes is 1. The van der Waals surface area contributed by atoms with Gasteiger partial charge in [-0.15, -0.1) is 0 Å². The van der Waals surface area contributed by atoms with Crippen LogP contribution in [0.4, 0.5) is 0 Å². The SMILES string of the molecule is CC(C)(C)c1c(Cl)c(CO[SiH](c2ccccc2)c2ccccc2)cc(-n2cccc2C=O)c1Cl. The maximum absolute atomic E-state index is 11.6. The number of hydrogen-bond acceptors (Lipinski definition) is 2. The monoisotopic (exact) mass is 507 g/mol. The minimum Gasteiger partial charge on any atom is -0.407 e. The maximum atomic E-state index is 11.6. The predicted octanol–water partition coefficient (Wildman–Crippen LogP) is 5.95. The first-order valence-electron chi connectivity index (χ1n) is 11.2. The van der Waals surface area contributed by atoms with Crippen molar-refractivity contribution in [2.24, 2.45) is 0 Å². The second-order valence-electron chi connectivity index (χ2n) is 9.24. The third kappa shape index (κ3) is 5.06. The quantitative estimate of drug-likeness (QED) is 0.228. The predicted molar refractivity (Wildman–Crippen MR) is 144 cm³/mol. The molecule has 0 saturated heterocycles. The van der Waals surface area contributed by atoms with Crippen LogP contribution < -0.4 is 10.4 Å². The molecule has 0 aliphatic heterocycles. The first-order valence-corrected chi connectivity index (χ1v) is 13.5. The fourth-order valence-corrected chi connectivity index (χ4v) is 7.46. The molecule has 3 nitrogen and oxygen atoms in total. The molecule has 34 heavy (non-hydrogen) atoms. The van der Waals surface area contributed by atoms with E-state index >= 15 is 0 Å². The number of nitrogens with zero attached hydrogens (tertiary/aromatic N) is 1. The molecule has 4 rings (SSSR count). The molecule has 0 bridgehead atoms. The summed E-state index contributed by atoms with van der Waals surface area (Å²) in [5, 5.41) is 3.54. The van der Waals surface area contributed by atoms with E-state index in [0.717, 1.165) is 23.1 Å². The molecule has 0 atom stereocenters. The minimum absolute atomic E-state index is 0.302. The molecule has 0 spiro atoms. The van der Waals surface area contributed by atoms with Gasteiger partial charge < -0.3 is 8.99 Å². The third-order valence-electron chi connectivity index (χ3n) is 5.78. The Morgan fingerprint density at radius 2 is 1.47 bits per heavy atom. The molecule has 174 valence electrons. The number of rotatable bonds is 7. The van der Waals surface area contributed by atoms with Crippen molar-refractivity contribution in [2.75, 3.05) is 0 Å². The van der Waals surface area contributed by atoms with Crippen LogP contribution in [-0.2, 0) is 16.4 Å². The van der Waals surface area contributed by atoms with Gasteiger partial charge >= 0.3 is 0 Å². The van der Waals surface area contributed by atoms with Crippen molar-refractivity contribution in [3.8, 4) is 5.69 Å². The smallest absolute Gasteiger partial charge is 0.240 e. The Morgan fingerprint density at radius 1 is 0.882 bits per heavy atom. The highest BCUT2D eigenvalue weighted by atomic mass is 35.5. The van der Waals surface area contributed by atoms with Gasteiger partial charge in [0.25, 0.3) is 0 Å². The number of benzene rings is 3. The Bertz CT molecular complexity index is 1240. The van der Waals surface area contributed by atoms with Crippen molar-refractivity contribution in [3.63, 3.8) is 0 Å². The molecule has 0 N–H and O–H groups in total. The van der Waals surface area contributed by atoms with Gasteiger partial charge in [0, 0.05) is 6.20 Å². The molecule has 0 aliphatic carbocycles. The van der Waals surface area contributed by atoms with E-state index < -0.39 is 9.04 Å². The maximum Gasteiger partial charge on any atom is 0.240 e. The van der Waals surface area contributed by atoms with Crippen LogP contribution in [0.25, 0.3) is 5.69 Å². The zero-order valence-electron chi connectivity index (χ0n) is 19.5.